The molecule has 0 radical (unpaired) electrons. The molecule has 1 atom stereocenters. The Morgan fingerprint density at radius 1 is 1.28 bits per heavy atom. The third-order valence-corrected chi connectivity index (χ3v) is 4.97. The smallest absolute Gasteiger partial charge is 0.222 e. The summed E-state index contributed by atoms with van der Waals surface area (Å²) in [6.45, 7) is 11.8. The molecule has 6 nitrogen and oxygen atoms in total. The molecule has 146 valence electrons. The molecule has 0 aliphatic carbocycles. The van der Waals surface area contributed by atoms with Crippen molar-refractivity contribution in [3.63, 3.8) is 0 Å². The number of likely N-dealkylation sites (tertiary alicyclic amines) is 1. The minimum absolute atomic E-state index is 0.319. The fraction of sp³-hybridized carbons (Fsp3) is 0.895. The highest BCUT2D eigenvalue weighted by molar-refractivity contribution is 5.79. The Morgan fingerprint density at radius 2 is 2.08 bits per heavy atom. The van der Waals surface area contributed by atoms with Crippen molar-refractivity contribution in [3.8, 4) is 0 Å². The Balaban J connectivity index is 2.30. The van der Waals surface area contributed by atoms with E-state index in [1.807, 2.05) is 4.90 Å². The predicted molar refractivity (Wildman–Crippen MR) is 106 cm³/mol. The zero-order valence-corrected chi connectivity index (χ0v) is 16.8. The van der Waals surface area contributed by atoms with Gasteiger partial charge in [0.05, 0.1) is 0 Å². The van der Waals surface area contributed by atoms with E-state index in [2.05, 4.69) is 48.3 Å². The van der Waals surface area contributed by atoms with E-state index in [0.29, 0.717) is 11.9 Å². The minimum atomic E-state index is 0.319. The van der Waals surface area contributed by atoms with Gasteiger partial charge in [-0.2, -0.15) is 0 Å². The molecule has 0 aromatic heterocycles. The molecule has 1 heterocycles. The van der Waals surface area contributed by atoms with Crippen molar-refractivity contribution in [3.05, 3.63) is 0 Å². The van der Waals surface area contributed by atoms with Gasteiger partial charge in [0.2, 0.25) is 5.91 Å². The number of guanidine groups is 1. The van der Waals surface area contributed by atoms with Crippen LogP contribution in [-0.4, -0.2) is 74.0 Å². The quantitative estimate of drug-likeness (QED) is 0.359. The summed E-state index contributed by atoms with van der Waals surface area (Å²) < 4.78 is 0. The van der Waals surface area contributed by atoms with E-state index < -0.39 is 0 Å². The van der Waals surface area contributed by atoms with Crippen LogP contribution in [0, 0.1) is 0 Å². The molecule has 0 bridgehead atoms. The second kappa shape index (κ2) is 13.0. The lowest BCUT2D eigenvalue weighted by Gasteiger charge is -2.24. The van der Waals surface area contributed by atoms with Crippen LogP contribution in [-0.2, 0) is 4.79 Å². The highest BCUT2D eigenvalue weighted by Crippen LogP contribution is 2.11. The van der Waals surface area contributed by atoms with E-state index in [-0.39, 0.29) is 0 Å². The van der Waals surface area contributed by atoms with Crippen molar-refractivity contribution in [2.24, 2.45) is 4.99 Å². The lowest BCUT2D eigenvalue weighted by atomic mass is 10.2. The summed E-state index contributed by atoms with van der Waals surface area (Å²) in [6, 6.07) is 0.604. The van der Waals surface area contributed by atoms with Crippen LogP contribution in [0.5, 0.6) is 0 Å². The molecule has 1 aliphatic heterocycles. The first-order valence-corrected chi connectivity index (χ1v) is 10.1. The van der Waals surface area contributed by atoms with Gasteiger partial charge in [-0.3, -0.25) is 9.79 Å². The summed E-state index contributed by atoms with van der Waals surface area (Å²) in [5, 5.41) is 6.70. The maximum atomic E-state index is 12.0. The van der Waals surface area contributed by atoms with Gasteiger partial charge in [-0.05, 0) is 46.6 Å². The van der Waals surface area contributed by atoms with E-state index in [0.717, 1.165) is 70.9 Å². The van der Waals surface area contributed by atoms with Crippen molar-refractivity contribution in [2.45, 2.75) is 65.3 Å². The van der Waals surface area contributed by atoms with Crippen LogP contribution < -0.4 is 10.6 Å². The average Bonchev–Trinajstić information content (AvgIpc) is 2.82. The number of hydrogen-bond acceptors (Lipinski definition) is 3. The third kappa shape index (κ3) is 9.10. The number of aliphatic imine (C=N–C) groups is 1. The number of nitrogens with one attached hydrogen (secondary N) is 2. The Morgan fingerprint density at radius 3 is 2.80 bits per heavy atom. The molecule has 25 heavy (non-hydrogen) atoms. The van der Waals surface area contributed by atoms with Gasteiger partial charge in [0.25, 0.3) is 0 Å². The van der Waals surface area contributed by atoms with Gasteiger partial charge in [0, 0.05) is 51.7 Å². The Hall–Kier alpha value is -1.30. The summed E-state index contributed by atoms with van der Waals surface area (Å²) in [5.41, 5.74) is 0. The number of nitrogens with zero attached hydrogens (tertiary/aromatic N) is 3. The number of carbonyl (C=O) groups is 1. The first-order chi connectivity index (χ1) is 12.1. The van der Waals surface area contributed by atoms with Gasteiger partial charge in [-0.15, -0.1) is 0 Å². The van der Waals surface area contributed by atoms with E-state index in [1.165, 1.54) is 12.8 Å². The summed E-state index contributed by atoms with van der Waals surface area (Å²) in [6.07, 6.45) is 6.18. The van der Waals surface area contributed by atoms with Gasteiger partial charge < -0.3 is 20.4 Å². The molecule has 1 unspecified atom stereocenters. The fourth-order valence-electron chi connectivity index (χ4n) is 2.95. The van der Waals surface area contributed by atoms with Gasteiger partial charge >= 0.3 is 0 Å². The topological polar surface area (TPSA) is 60.0 Å². The molecule has 0 spiro atoms. The zero-order valence-electron chi connectivity index (χ0n) is 16.8. The van der Waals surface area contributed by atoms with Crippen LogP contribution in [0.15, 0.2) is 4.99 Å². The van der Waals surface area contributed by atoms with E-state index in [9.17, 15) is 4.79 Å². The first kappa shape index (κ1) is 21.7. The lowest BCUT2D eigenvalue weighted by molar-refractivity contribution is -0.130. The molecule has 6 heteroatoms. The zero-order chi connectivity index (χ0) is 18.5. The summed E-state index contributed by atoms with van der Waals surface area (Å²) in [7, 11) is 2.16. The summed E-state index contributed by atoms with van der Waals surface area (Å²) in [4.78, 5) is 21.0. The Kier molecular flexibility index (Phi) is 11.3. The van der Waals surface area contributed by atoms with Gasteiger partial charge in [0.15, 0.2) is 5.96 Å². The molecule has 2 N–H and O–H groups in total. The SMILES string of the molecule is CCNC(=NCCCN1CCCCCC1=O)NCCN(C)C(C)CC. The van der Waals surface area contributed by atoms with Crippen LogP contribution in [0.25, 0.3) is 0 Å². The van der Waals surface area contributed by atoms with Crippen molar-refractivity contribution < 1.29 is 4.79 Å². The van der Waals surface area contributed by atoms with Crippen LogP contribution >= 0.6 is 0 Å². The second-order valence-corrected chi connectivity index (χ2v) is 6.97. The molecule has 1 saturated heterocycles. The summed E-state index contributed by atoms with van der Waals surface area (Å²) >= 11 is 0. The highest BCUT2D eigenvalue weighted by Gasteiger charge is 2.15. The van der Waals surface area contributed by atoms with Crippen LogP contribution in [0.3, 0.4) is 0 Å². The van der Waals surface area contributed by atoms with Crippen molar-refractivity contribution in [1.82, 2.24) is 20.4 Å². The van der Waals surface area contributed by atoms with E-state index in [4.69, 9.17) is 0 Å². The number of carbonyl (C=O) groups excluding carboxylic acids is 1. The highest BCUT2D eigenvalue weighted by atomic mass is 16.2. The number of likely N-dealkylation sites (N-methyl/N-ethyl adjacent to an activating group) is 1. The lowest BCUT2D eigenvalue weighted by Crippen LogP contribution is -2.42. The molecule has 0 aromatic rings. The Labute approximate surface area is 154 Å². The predicted octanol–water partition coefficient (Wildman–Crippen LogP) is 2.06. The second-order valence-electron chi connectivity index (χ2n) is 6.97. The number of hydrogen-bond donors (Lipinski definition) is 2. The molecular formula is C19H39N5O. The normalized spacial score (nSPS) is 17.6. The molecule has 0 saturated carbocycles. The van der Waals surface area contributed by atoms with Gasteiger partial charge in [0.1, 0.15) is 0 Å². The van der Waals surface area contributed by atoms with Crippen LogP contribution in [0.1, 0.15) is 59.3 Å². The largest absolute Gasteiger partial charge is 0.357 e. The average molecular weight is 354 g/mol. The number of amides is 1. The van der Waals surface area contributed by atoms with Crippen LogP contribution in [0.4, 0.5) is 0 Å². The van der Waals surface area contributed by atoms with Gasteiger partial charge in [-0.25, -0.2) is 0 Å². The van der Waals surface area contributed by atoms with Crippen molar-refractivity contribution in [2.75, 3.05) is 46.3 Å². The molecule has 1 fully saturated rings. The molecule has 1 rings (SSSR count). The third-order valence-electron chi connectivity index (χ3n) is 4.97. The van der Waals surface area contributed by atoms with E-state index in [1.54, 1.807) is 0 Å². The minimum Gasteiger partial charge on any atom is -0.357 e. The maximum absolute atomic E-state index is 12.0. The van der Waals surface area contributed by atoms with Crippen molar-refractivity contribution in [1.29, 1.82) is 0 Å². The van der Waals surface area contributed by atoms with Crippen LogP contribution in [0.2, 0.25) is 0 Å². The molecular weight excluding hydrogens is 314 g/mol. The molecule has 1 amide bonds. The number of rotatable bonds is 10. The fourth-order valence-corrected chi connectivity index (χ4v) is 2.95. The maximum Gasteiger partial charge on any atom is 0.222 e. The molecule has 1 aliphatic rings. The standard InChI is InChI=1S/C19H39N5O/c1-5-17(3)23(4)16-13-22-19(20-6-2)21-12-10-15-24-14-9-7-8-11-18(24)25/h17H,5-16H2,1-4H3,(H2,20,21,22). The monoisotopic (exact) mass is 353 g/mol. The van der Waals surface area contributed by atoms with Gasteiger partial charge in [-0.1, -0.05) is 13.3 Å². The van der Waals surface area contributed by atoms with Crippen molar-refractivity contribution >= 4 is 11.9 Å². The molecule has 0 aromatic carbocycles. The Bertz CT molecular complexity index is 399. The van der Waals surface area contributed by atoms with E-state index >= 15 is 0 Å². The first-order valence-electron chi connectivity index (χ1n) is 10.1. The summed E-state index contributed by atoms with van der Waals surface area (Å²) in [5.74, 6) is 1.20.